The average Bonchev–Trinajstić information content (AvgIpc) is 2.41. The van der Waals surface area contributed by atoms with Crippen LogP contribution in [0.4, 0.5) is 0 Å². The largest absolute Gasteiger partial charge is 0.305 e. The Morgan fingerprint density at radius 2 is 2.29 bits per heavy atom. The summed E-state index contributed by atoms with van der Waals surface area (Å²) in [5, 5.41) is 4.51. The van der Waals surface area contributed by atoms with Crippen molar-refractivity contribution in [3.63, 3.8) is 0 Å². The van der Waals surface area contributed by atoms with Crippen LogP contribution >= 0.6 is 27.3 Å². The lowest BCUT2D eigenvalue weighted by Gasteiger charge is -2.11. The lowest BCUT2D eigenvalue weighted by Crippen LogP contribution is -2.19. The molecular formula is C10H15BrN2S. The summed E-state index contributed by atoms with van der Waals surface area (Å²) in [4.78, 5) is 5.72. The van der Waals surface area contributed by atoms with Crippen molar-refractivity contribution in [1.82, 2.24) is 10.3 Å². The fourth-order valence-electron chi connectivity index (χ4n) is 1.31. The lowest BCUT2D eigenvalue weighted by molar-refractivity contribution is 0.621. The van der Waals surface area contributed by atoms with E-state index in [2.05, 4.69) is 46.7 Å². The van der Waals surface area contributed by atoms with Crippen molar-refractivity contribution >= 4 is 27.3 Å². The Kier molecular flexibility index (Phi) is 4.29. The Hall–Kier alpha value is -0.190. The van der Waals surface area contributed by atoms with E-state index in [0.29, 0.717) is 6.04 Å². The van der Waals surface area contributed by atoms with Gasteiger partial charge < -0.3 is 5.32 Å². The van der Waals surface area contributed by atoms with Gasteiger partial charge in [-0.05, 0) is 20.8 Å². The Morgan fingerprint density at radius 1 is 1.64 bits per heavy atom. The summed E-state index contributed by atoms with van der Waals surface area (Å²) in [7, 11) is 0. The maximum atomic E-state index is 4.40. The van der Waals surface area contributed by atoms with Crippen molar-refractivity contribution in [2.45, 2.75) is 26.8 Å². The molecule has 0 aliphatic rings. The molecule has 1 aromatic rings. The smallest absolute Gasteiger partial charge is 0.0900 e. The minimum absolute atomic E-state index is 0.343. The lowest BCUT2D eigenvalue weighted by atomic mass is 10.2. The Labute approximate surface area is 97.6 Å². The highest BCUT2D eigenvalue weighted by Crippen LogP contribution is 2.24. The molecule has 1 aromatic heterocycles. The van der Waals surface area contributed by atoms with Crippen LogP contribution < -0.4 is 5.32 Å². The zero-order valence-corrected chi connectivity index (χ0v) is 11.1. The summed E-state index contributed by atoms with van der Waals surface area (Å²) in [6.07, 6.45) is 0. The Morgan fingerprint density at radius 3 is 2.71 bits per heavy atom. The molecule has 0 radical (unpaired) electrons. The molecule has 0 aromatic carbocycles. The first kappa shape index (κ1) is 11.9. The number of hydrogen-bond donors (Lipinski definition) is 1. The van der Waals surface area contributed by atoms with Crippen LogP contribution in [-0.2, 0) is 0 Å². The van der Waals surface area contributed by atoms with Gasteiger partial charge in [0.05, 0.1) is 10.7 Å². The molecule has 0 fully saturated rings. The standard InChI is InChI=1S/C10H15BrN2S/c1-6(11)5-12-7(2)10-8(3)13-9(4)14-10/h7,12H,1,5H2,2-4H3. The van der Waals surface area contributed by atoms with Crippen molar-refractivity contribution in [3.05, 3.63) is 26.6 Å². The van der Waals surface area contributed by atoms with E-state index in [4.69, 9.17) is 0 Å². The first-order chi connectivity index (χ1) is 6.50. The monoisotopic (exact) mass is 274 g/mol. The van der Waals surface area contributed by atoms with Crippen LogP contribution in [0.15, 0.2) is 11.1 Å². The van der Waals surface area contributed by atoms with Gasteiger partial charge in [-0.3, -0.25) is 0 Å². The molecule has 0 aliphatic heterocycles. The average molecular weight is 275 g/mol. The molecule has 1 rings (SSSR count). The van der Waals surface area contributed by atoms with Gasteiger partial charge in [0.15, 0.2) is 0 Å². The van der Waals surface area contributed by atoms with Crippen LogP contribution in [0.3, 0.4) is 0 Å². The van der Waals surface area contributed by atoms with Crippen molar-refractivity contribution in [3.8, 4) is 0 Å². The van der Waals surface area contributed by atoms with Crippen LogP contribution in [0.2, 0.25) is 0 Å². The maximum absolute atomic E-state index is 4.40. The van der Waals surface area contributed by atoms with Crippen LogP contribution in [0.1, 0.15) is 28.5 Å². The van der Waals surface area contributed by atoms with Gasteiger partial charge in [0, 0.05) is 21.9 Å². The van der Waals surface area contributed by atoms with E-state index in [9.17, 15) is 0 Å². The second-order valence-electron chi connectivity index (χ2n) is 3.30. The van der Waals surface area contributed by atoms with Crippen molar-refractivity contribution in [2.24, 2.45) is 0 Å². The summed E-state index contributed by atoms with van der Waals surface area (Å²) >= 11 is 5.09. The second-order valence-corrected chi connectivity index (χ2v) is 5.66. The fourth-order valence-corrected chi connectivity index (χ4v) is 2.42. The van der Waals surface area contributed by atoms with Gasteiger partial charge in [-0.15, -0.1) is 11.3 Å². The van der Waals surface area contributed by atoms with Gasteiger partial charge in [0.25, 0.3) is 0 Å². The molecule has 0 aliphatic carbocycles. The summed E-state index contributed by atoms with van der Waals surface area (Å²) < 4.78 is 0.975. The molecule has 4 heteroatoms. The minimum atomic E-state index is 0.343. The normalized spacial score (nSPS) is 12.9. The first-order valence-electron chi connectivity index (χ1n) is 4.51. The highest BCUT2D eigenvalue weighted by Gasteiger charge is 2.11. The molecule has 0 saturated carbocycles. The van der Waals surface area contributed by atoms with E-state index in [-0.39, 0.29) is 0 Å². The van der Waals surface area contributed by atoms with E-state index >= 15 is 0 Å². The highest BCUT2D eigenvalue weighted by atomic mass is 79.9. The topological polar surface area (TPSA) is 24.9 Å². The van der Waals surface area contributed by atoms with Crippen LogP contribution in [0, 0.1) is 13.8 Å². The third-order valence-electron chi connectivity index (χ3n) is 1.93. The number of aryl methyl sites for hydroxylation is 2. The van der Waals surface area contributed by atoms with Crippen molar-refractivity contribution < 1.29 is 0 Å². The summed E-state index contributed by atoms with van der Waals surface area (Å²) in [5.74, 6) is 0. The SMILES string of the molecule is C=C(Br)CNC(C)c1sc(C)nc1C. The molecule has 0 saturated heterocycles. The number of aromatic nitrogens is 1. The molecule has 1 unspecified atom stereocenters. The molecule has 1 N–H and O–H groups in total. The fraction of sp³-hybridized carbons (Fsp3) is 0.500. The zero-order valence-electron chi connectivity index (χ0n) is 8.72. The number of nitrogens with zero attached hydrogens (tertiary/aromatic N) is 1. The quantitative estimate of drug-likeness (QED) is 0.911. The molecule has 14 heavy (non-hydrogen) atoms. The third-order valence-corrected chi connectivity index (χ3v) is 3.47. The molecule has 0 bridgehead atoms. The Bertz CT molecular complexity index is 333. The summed E-state index contributed by atoms with van der Waals surface area (Å²) in [5.41, 5.74) is 1.13. The van der Waals surface area contributed by atoms with Gasteiger partial charge in [-0.1, -0.05) is 22.5 Å². The maximum Gasteiger partial charge on any atom is 0.0900 e. The number of rotatable bonds is 4. The van der Waals surface area contributed by atoms with E-state index in [1.165, 1.54) is 4.88 Å². The molecular weight excluding hydrogens is 260 g/mol. The first-order valence-corrected chi connectivity index (χ1v) is 6.12. The highest BCUT2D eigenvalue weighted by molar-refractivity contribution is 9.11. The van der Waals surface area contributed by atoms with E-state index < -0.39 is 0 Å². The van der Waals surface area contributed by atoms with Crippen LogP contribution in [0.5, 0.6) is 0 Å². The van der Waals surface area contributed by atoms with Gasteiger partial charge in [0.2, 0.25) is 0 Å². The molecule has 1 heterocycles. The Balaban J connectivity index is 2.64. The molecule has 2 nitrogen and oxygen atoms in total. The van der Waals surface area contributed by atoms with Gasteiger partial charge >= 0.3 is 0 Å². The van der Waals surface area contributed by atoms with Gasteiger partial charge in [-0.25, -0.2) is 4.98 Å². The van der Waals surface area contributed by atoms with Crippen LogP contribution in [-0.4, -0.2) is 11.5 Å². The van der Waals surface area contributed by atoms with E-state index in [1.54, 1.807) is 11.3 Å². The van der Waals surface area contributed by atoms with Crippen molar-refractivity contribution in [2.75, 3.05) is 6.54 Å². The number of halogens is 1. The predicted molar refractivity (Wildman–Crippen MR) is 66.1 cm³/mol. The predicted octanol–water partition coefficient (Wildman–Crippen LogP) is 3.32. The zero-order chi connectivity index (χ0) is 10.7. The van der Waals surface area contributed by atoms with E-state index in [1.807, 2.05) is 6.92 Å². The summed E-state index contributed by atoms with van der Waals surface area (Å²) in [6, 6.07) is 0.343. The molecule has 78 valence electrons. The van der Waals surface area contributed by atoms with Crippen molar-refractivity contribution in [1.29, 1.82) is 0 Å². The van der Waals surface area contributed by atoms with E-state index in [0.717, 1.165) is 21.7 Å². The van der Waals surface area contributed by atoms with Gasteiger partial charge in [-0.2, -0.15) is 0 Å². The number of hydrogen-bond acceptors (Lipinski definition) is 3. The second kappa shape index (κ2) is 5.05. The summed E-state index contributed by atoms with van der Waals surface area (Å²) in [6.45, 7) is 10.8. The molecule has 0 amide bonds. The molecule has 1 atom stereocenters. The minimum Gasteiger partial charge on any atom is -0.305 e. The molecule has 0 spiro atoms. The third kappa shape index (κ3) is 3.19. The number of nitrogens with one attached hydrogen (secondary N) is 1. The number of thiazole rings is 1. The van der Waals surface area contributed by atoms with Gasteiger partial charge in [0.1, 0.15) is 0 Å². The van der Waals surface area contributed by atoms with Crippen LogP contribution in [0.25, 0.3) is 0 Å².